The maximum absolute atomic E-state index is 13.9. The molecule has 2 aliphatic rings. The summed E-state index contributed by atoms with van der Waals surface area (Å²) in [7, 11) is 0. The number of carbonyl (C=O) groups excluding carboxylic acids is 2. The normalized spacial score (nSPS) is 22.3. The van der Waals surface area contributed by atoms with Crippen LogP contribution < -0.4 is 5.32 Å². The van der Waals surface area contributed by atoms with E-state index in [2.05, 4.69) is 5.32 Å². The van der Waals surface area contributed by atoms with Gasteiger partial charge in [-0.3, -0.25) is 14.5 Å². The minimum absolute atomic E-state index is 0.0566. The number of hydrogen-bond acceptors (Lipinski definition) is 4. The topological polar surface area (TPSA) is 61.9 Å². The SMILES string of the molecule is O=C1NCCN(Cc2ccccc2F)C1CC(=O)N1CCOCC1. The van der Waals surface area contributed by atoms with Gasteiger partial charge in [0.15, 0.2) is 0 Å². The van der Waals surface area contributed by atoms with Crippen LogP contribution in [0, 0.1) is 5.82 Å². The molecule has 2 aliphatic heterocycles. The molecule has 2 saturated heterocycles. The van der Waals surface area contributed by atoms with E-state index in [4.69, 9.17) is 4.74 Å². The Hall–Kier alpha value is -1.99. The van der Waals surface area contributed by atoms with Gasteiger partial charge in [-0.1, -0.05) is 18.2 Å². The summed E-state index contributed by atoms with van der Waals surface area (Å²) in [6.45, 7) is 3.60. The first kappa shape index (κ1) is 16.9. The second-order valence-corrected chi connectivity index (χ2v) is 6.07. The van der Waals surface area contributed by atoms with Crippen molar-refractivity contribution in [2.75, 3.05) is 39.4 Å². The van der Waals surface area contributed by atoms with E-state index in [1.165, 1.54) is 6.07 Å². The number of nitrogens with one attached hydrogen (secondary N) is 1. The van der Waals surface area contributed by atoms with Crippen molar-refractivity contribution in [3.8, 4) is 0 Å². The van der Waals surface area contributed by atoms with Gasteiger partial charge >= 0.3 is 0 Å². The van der Waals surface area contributed by atoms with Crippen LogP contribution in [0.2, 0.25) is 0 Å². The quantitative estimate of drug-likeness (QED) is 0.864. The van der Waals surface area contributed by atoms with Crippen molar-refractivity contribution < 1.29 is 18.7 Å². The van der Waals surface area contributed by atoms with Gasteiger partial charge in [0.05, 0.1) is 25.7 Å². The molecule has 0 radical (unpaired) electrons. The first-order valence-electron chi connectivity index (χ1n) is 8.26. The maximum atomic E-state index is 13.9. The standard InChI is InChI=1S/C17H22FN3O3/c18-14-4-2-1-3-13(14)12-21-6-5-19-17(23)15(21)11-16(22)20-7-9-24-10-8-20/h1-4,15H,5-12H2,(H,19,23). The van der Waals surface area contributed by atoms with Gasteiger partial charge in [0.1, 0.15) is 5.82 Å². The van der Waals surface area contributed by atoms with Crippen LogP contribution in [0.4, 0.5) is 4.39 Å². The molecule has 6 nitrogen and oxygen atoms in total. The predicted octanol–water partition coefficient (Wildman–Crippen LogP) is 0.375. The molecule has 7 heteroatoms. The summed E-state index contributed by atoms with van der Waals surface area (Å²) in [5.74, 6) is -0.514. The Balaban J connectivity index is 1.68. The lowest BCUT2D eigenvalue weighted by molar-refractivity contribution is -0.141. The summed E-state index contributed by atoms with van der Waals surface area (Å²) >= 11 is 0. The first-order chi connectivity index (χ1) is 11.6. The van der Waals surface area contributed by atoms with E-state index in [9.17, 15) is 14.0 Å². The summed E-state index contributed by atoms with van der Waals surface area (Å²) in [6, 6.07) is 5.97. The van der Waals surface area contributed by atoms with Crippen molar-refractivity contribution in [3.05, 3.63) is 35.6 Å². The minimum atomic E-state index is -0.561. The lowest BCUT2D eigenvalue weighted by atomic mass is 10.1. The van der Waals surface area contributed by atoms with Crippen LogP contribution in [0.1, 0.15) is 12.0 Å². The molecule has 1 N–H and O–H groups in total. The fourth-order valence-corrected chi connectivity index (χ4v) is 3.13. The van der Waals surface area contributed by atoms with E-state index >= 15 is 0 Å². The molecular weight excluding hydrogens is 313 g/mol. The Morgan fingerprint density at radius 1 is 1.25 bits per heavy atom. The van der Waals surface area contributed by atoms with Gasteiger partial charge in [0.25, 0.3) is 0 Å². The Kier molecular flexibility index (Phi) is 5.42. The van der Waals surface area contributed by atoms with Crippen molar-refractivity contribution in [2.45, 2.75) is 19.0 Å². The molecule has 0 spiro atoms. The van der Waals surface area contributed by atoms with Crippen LogP contribution in [-0.2, 0) is 20.9 Å². The predicted molar refractivity (Wildman–Crippen MR) is 85.6 cm³/mol. The maximum Gasteiger partial charge on any atom is 0.237 e. The average Bonchev–Trinajstić information content (AvgIpc) is 2.60. The third kappa shape index (κ3) is 3.91. The van der Waals surface area contributed by atoms with Gasteiger partial charge < -0.3 is 15.0 Å². The summed E-state index contributed by atoms with van der Waals surface area (Å²) in [6.07, 6.45) is 0.111. The van der Waals surface area contributed by atoms with Crippen LogP contribution in [0.3, 0.4) is 0 Å². The third-order valence-corrected chi connectivity index (χ3v) is 4.50. The van der Waals surface area contributed by atoms with Crippen molar-refractivity contribution in [2.24, 2.45) is 0 Å². The first-order valence-corrected chi connectivity index (χ1v) is 8.26. The monoisotopic (exact) mass is 335 g/mol. The Morgan fingerprint density at radius 3 is 2.75 bits per heavy atom. The van der Waals surface area contributed by atoms with E-state index in [0.29, 0.717) is 51.5 Å². The van der Waals surface area contributed by atoms with Crippen LogP contribution in [-0.4, -0.2) is 67.0 Å². The van der Waals surface area contributed by atoms with E-state index < -0.39 is 6.04 Å². The summed E-state index contributed by atoms with van der Waals surface area (Å²) < 4.78 is 19.2. The van der Waals surface area contributed by atoms with E-state index in [-0.39, 0.29) is 24.1 Å². The molecule has 1 aromatic carbocycles. The molecular formula is C17H22FN3O3. The molecule has 2 fully saturated rings. The summed E-state index contributed by atoms with van der Waals surface area (Å²) in [4.78, 5) is 28.3. The Bertz CT molecular complexity index is 604. The molecule has 2 amide bonds. The molecule has 0 saturated carbocycles. The number of rotatable bonds is 4. The van der Waals surface area contributed by atoms with Crippen LogP contribution in [0.15, 0.2) is 24.3 Å². The lowest BCUT2D eigenvalue weighted by Gasteiger charge is -2.36. The zero-order valence-electron chi connectivity index (χ0n) is 13.5. The zero-order chi connectivity index (χ0) is 16.9. The smallest absolute Gasteiger partial charge is 0.237 e. The van der Waals surface area contributed by atoms with Crippen LogP contribution >= 0.6 is 0 Å². The third-order valence-electron chi connectivity index (χ3n) is 4.50. The number of hydrogen-bond donors (Lipinski definition) is 1. The molecule has 0 aliphatic carbocycles. The molecule has 0 bridgehead atoms. The van der Waals surface area contributed by atoms with Crippen molar-refractivity contribution in [3.63, 3.8) is 0 Å². The largest absolute Gasteiger partial charge is 0.378 e. The number of amides is 2. The van der Waals surface area contributed by atoms with Crippen LogP contribution in [0.5, 0.6) is 0 Å². The highest BCUT2D eigenvalue weighted by Crippen LogP contribution is 2.17. The molecule has 130 valence electrons. The highest BCUT2D eigenvalue weighted by atomic mass is 19.1. The molecule has 0 aromatic heterocycles. The summed E-state index contributed by atoms with van der Waals surface area (Å²) in [5, 5.41) is 2.80. The number of halogens is 1. The number of carbonyl (C=O) groups is 2. The fourth-order valence-electron chi connectivity index (χ4n) is 3.13. The van der Waals surface area contributed by atoms with E-state index in [1.54, 1.807) is 23.1 Å². The number of morpholine rings is 1. The van der Waals surface area contributed by atoms with Gasteiger partial charge in [0.2, 0.25) is 11.8 Å². The fraction of sp³-hybridized carbons (Fsp3) is 0.529. The Labute approximate surface area is 140 Å². The van der Waals surface area contributed by atoms with Gasteiger partial charge in [-0.2, -0.15) is 0 Å². The Morgan fingerprint density at radius 2 is 2.00 bits per heavy atom. The van der Waals surface area contributed by atoms with Gasteiger partial charge in [-0.25, -0.2) is 4.39 Å². The molecule has 1 unspecified atom stereocenters. The molecule has 1 atom stereocenters. The van der Waals surface area contributed by atoms with Crippen LogP contribution in [0.25, 0.3) is 0 Å². The molecule has 1 aromatic rings. The molecule has 3 rings (SSSR count). The molecule has 24 heavy (non-hydrogen) atoms. The number of ether oxygens (including phenoxy) is 1. The highest BCUT2D eigenvalue weighted by Gasteiger charge is 2.33. The summed E-state index contributed by atoms with van der Waals surface area (Å²) in [5.41, 5.74) is 0.538. The van der Waals surface area contributed by atoms with Gasteiger partial charge in [-0.05, 0) is 6.07 Å². The van der Waals surface area contributed by atoms with E-state index in [0.717, 1.165) is 0 Å². The zero-order valence-corrected chi connectivity index (χ0v) is 13.5. The van der Waals surface area contributed by atoms with Crippen molar-refractivity contribution >= 4 is 11.8 Å². The average molecular weight is 335 g/mol. The number of nitrogens with zero attached hydrogens (tertiary/aromatic N) is 2. The van der Waals surface area contributed by atoms with Gasteiger partial charge in [-0.15, -0.1) is 0 Å². The number of benzene rings is 1. The van der Waals surface area contributed by atoms with Gasteiger partial charge in [0, 0.05) is 38.3 Å². The lowest BCUT2D eigenvalue weighted by Crippen LogP contribution is -2.56. The minimum Gasteiger partial charge on any atom is -0.378 e. The highest BCUT2D eigenvalue weighted by molar-refractivity contribution is 5.88. The second-order valence-electron chi connectivity index (χ2n) is 6.07. The second kappa shape index (κ2) is 7.72. The van der Waals surface area contributed by atoms with Crippen molar-refractivity contribution in [1.29, 1.82) is 0 Å². The van der Waals surface area contributed by atoms with Crippen molar-refractivity contribution in [1.82, 2.24) is 15.1 Å². The molecule has 2 heterocycles. The van der Waals surface area contributed by atoms with E-state index in [1.807, 2.05) is 4.90 Å². The number of piperazine rings is 1.